The molecule has 8 heavy (non-hydrogen) atoms. The van der Waals surface area contributed by atoms with Crippen molar-refractivity contribution in [1.29, 1.82) is 0 Å². The molecule has 0 spiro atoms. The van der Waals surface area contributed by atoms with Crippen LogP contribution in [0.25, 0.3) is 0 Å². The lowest BCUT2D eigenvalue weighted by atomic mass is 10.4. The number of aliphatic hydroxyl groups is 1. The molecule has 2 nitrogen and oxygen atoms in total. The van der Waals surface area contributed by atoms with Gasteiger partial charge in [0, 0.05) is 0 Å². The van der Waals surface area contributed by atoms with Crippen LogP contribution in [0.5, 0.6) is 0 Å². The third-order valence-electron chi connectivity index (χ3n) is 1.30. The number of rotatable bonds is 3. The first-order valence-corrected chi connectivity index (χ1v) is 2.72. The topological polar surface area (TPSA) is 29.5 Å². The first-order chi connectivity index (χ1) is 3.77. The van der Waals surface area contributed by atoms with Crippen LogP contribution in [0.15, 0.2) is 12.8 Å². The van der Waals surface area contributed by atoms with E-state index in [0.29, 0.717) is 6.61 Å². The van der Waals surface area contributed by atoms with E-state index in [-0.39, 0.29) is 0 Å². The summed E-state index contributed by atoms with van der Waals surface area (Å²) in [5.41, 5.74) is -0.492. The maximum Gasteiger partial charge on any atom is 0.116 e. The average molecular weight is 114 g/mol. The third-order valence-corrected chi connectivity index (χ3v) is 1.30. The maximum atomic E-state index is 9.09. The highest BCUT2D eigenvalue weighted by Gasteiger charge is 2.40. The molecule has 1 N–H and O–H groups in total. The standard InChI is InChI=1S/C6H10O2/c1-2-8-5-6(7)3-4-6/h2,7H,1,3-5H2. The molecule has 1 fully saturated rings. The van der Waals surface area contributed by atoms with Crippen LogP contribution in [0.4, 0.5) is 0 Å². The Balaban J connectivity index is 2.09. The first-order valence-electron chi connectivity index (χ1n) is 2.72. The highest BCUT2D eigenvalue weighted by molar-refractivity contribution is 4.93. The van der Waals surface area contributed by atoms with Crippen LogP contribution in [0.1, 0.15) is 12.8 Å². The van der Waals surface area contributed by atoms with Gasteiger partial charge in [-0.2, -0.15) is 0 Å². The lowest BCUT2D eigenvalue weighted by Crippen LogP contribution is -2.13. The Labute approximate surface area is 48.8 Å². The molecular weight excluding hydrogens is 104 g/mol. The molecule has 46 valence electrons. The highest BCUT2D eigenvalue weighted by Crippen LogP contribution is 2.34. The molecule has 1 aliphatic carbocycles. The molecule has 0 saturated heterocycles. The van der Waals surface area contributed by atoms with Gasteiger partial charge in [0.1, 0.15) is 6.61 Å². The van der Waals surface area contributed by atoms with Crippen LogP contribution >= 0.6 is 0 Å². The molecule has 1 rings (SSSR count). The van der Waals surface area contributed by atoms with E-state index in [0.717, 1.165) is 12.8 Å². The van der Waals surface area contributed by atoms with E-state index in [4.69, 9.17) is 9.84 Å². The molecule has 0 aliphatic heterocycles. The van der Waals surface area contributed by atoms with Crippen LogP contribution in [0.2, 0.25) is 0 Å². The molecule has 0 unspecified atom stereocenters. The largest absolute Gasteiger partial charge is 0.499 e. The lowest BCUT2D eigenvalue weighted by molar-refractivity contribution is 0.0644. The minimum Gasteiger partial charge on any atom is -0.499 e. The van der Waals surface area contributed by atoms with Crippen molar-refractivity contribution in [1.82, 2.24) is 0 Å². The first kappa shape index (κ1) is 5.63. The van der Waals surface area contributed by atoms with Crippen LogP contribution in [-0.2, 0) is 4.74 Å². The summed E-state index contributed by atoms with van der Waals surface area (Å²) in [6.45, 7) is 3.77. The highest BCUT2D eigenvalue weighted by atomic mass is 16.5. The van der Waals surface area contributed by atoms with Crippen molar-refractivity contribution in [3.05, 3.63) is 12.8 Å². The Morgan fingerprint density at radius 2 is 2.38 bits per heavy atom. The van der Waals surface area contributed by atoms with Crippen LogP contribution in [0, 0.1) is 0 Å². The Bertz CT molecular complexity index is 94.7. The summed E-state index contributed by atoms with van der Waals surface area (Å²) in [6, 6.07) is 0. The van der Waals surface area contributed by atoms with E-state index >= 15 is 0 Å². The Kier molecular flexibility index (Phi) is 1.26. The van der Waals surface area contributed by atoms with Crippen molar-refractivity contribution in [2.45, 2.75) is 18.4 Å². The van der Waals surface area contributed by atoms with Crippen molar-refractivity contribution >= 4 is 0 Å². The maximum absolute atomic E-state index is 9.09. The van der Waals surface area contributed by atoms with Crippen LogP contribution in [0.3, 0.4) is 0 Å². The molecule has 0 aromatic heterocycles. The summed E-state index contributed by atoms with van der Waals surface area (Å²) in [5, 5.41) is 9.09. The zero-order valence-corrected chi connectivity index (χ0v) is 4.76. The summed E-state index contributed by atoms with van der Waals surface area (Å²) < 4.78 is 4.77. The fraction of sp³-hybridized carbons (Fsp3) is 0.667. The molecule has 1 aliphatic rings. The Morgan fingerprint density at radius 1 is 1.75 bits per heavy atom. The monoisotopic (exact) mass is 114 g/mol. The summed E-state index contributed by atoms with van der Waals surface area (Å²) in [6.07, 6.45) is 3.11. The van der Waals surface area contributed by atoms with E-state index < -0.39 is 5.60 Å². The second kappa shape index (κ2) is 1.78. The zero-order valence-electron chi connectivity index (χ0n) is 4.76. The lowest BCUT2D eigenvalue weighted by Gasteiger charge is -2.04. The van der Waals surface area contributed by atoms with E-state index in [1.807, 2.05) is 0 Å². The summed E-state index contributed by atoms with van der Waals surface area (Å²) in [7, 11) is 0. The Morgan fingerprint density at radius 3 is 2.75 bits per heavy atom. The zero-order chi connectivity index (χ0) is 6.04. The number of hydrogen-bond donors (Lipinski definition) is 1. The molecule has 0 heterocycles. The second-order valence-electron chi connectivity index (χ2n) is 2.20. The minimum absolute atomic E-state index is 0.413. The summed E-state index contributed by atoms with van der Waals surface area (Å²) in [5.74, 6) is 0. The van der Waals surface area contributed by atoms with Gasteiger partial charge in [-0.3, -0.25) is 0 Å². The van der Waals surface area contributed by atoms with Crippen molar-refractivity contribution in [3.8, 4) is 0 Å². The fourth-order valence-electron chi connectivity index (χ4n) is 0.503. The third kappa shape index (κ3) is 1.23. The van der Waals surface area contributed by atoms with Crippen molar-refractivity contribution in [2.75, 3.05) is 6.61 Å². The Hall–Kier alpha value is -0.500. The fourth-order valence-corrected chi connectivity index (χ4v) is 0.503. The van der Waals surface area contributed by atoms with E-state index in [9.17, 15) is 0 Å². The molecule has 0 atom stereocenters. The molecule has 0 radical (unpaired) electrons. The molecule has 0 aromatic rings. The van der Waals surface area contributed by atoms with Gasteiger partial charge >= 0.3 is 0 Å². The minimum atomic E-state index is -0.492. The smallest absolute Gasteiger partial charge is 0.116 e. The van der Waals surface area contributed by atoms with Gasteiger partial charge in [-0.15, -0.1) is 0 Å². The van der Waals surface area contributed by atoms with Gasteiger partial charge in [0.2, 0.25) is 0 Å². The van der Waals surface area contributed by atoms with Crippen molar-refractivity contribution < 1.29 is 9.84 Å². The molecule has 0 amide bonds. The normalized spacial score (nSPS) is 22.1. The molecule has 1 saturated carbocycles. The molecule has 0 bridgehead atoms. The van der Waals surface area contributed by atoms with Gasteiger partial charge in [0.15, 0.2) is 0 Å². The van der Waals surface area contributed by atoms with Gasteiger partial charge in [-0.05, 0) is 12.8 Å². The van der Waals surface area contributed by atoms with E-state index in [1.165, 1.54) is 6.26 Å². The summed E-state index contributed by atoms with van der Waals surface area (Å²) >= 11 is 0. The number of ether oxygens (including phenoxy) is 1. The van der Waals surface area contributed by atoms with Gasteiger partial charge in [-0.25, -0.2) is 0 Å². The second-order valence-corrected chi connectivity index (χ2v) is 2.20. The van der Waals surface area contributed by atoms with Crippen LogP contribution < -0.4 is 0 Å². The van der Waals surface area contributed by atoms with Gasteiger partial charge < -0.3 is 9.84 Å². The van der Waals surface area contributed by atoms with Gasteiger partial charge in [0.25, 0.3) is 0 Å². The molecule has 2 heteroatoms. The predicted octanol–water partition coefficient (Wildman–Crippen LogP) is 0.671. The van der Waals surface area contributed by atoms with E-state index in [2.05, 4.69) is 6.58 Å². The van der Waals surface area contributed by atoms with Crippen molar-refractivity contribution in [2.24, 2.45) is 0 Å². The van der Waals surface area contributed by atoms with Crippen LogP contribution in [-0.4, -0.2) is 17.3 Å². The number of hydrogen-bond acceptors (Lipinski definition) is 2. The quantitative estimate of drug-likeness (QED) is 0.546. The molecule has 0 aromatic carbocycles. The SMILES string of the molecule is C=COCC1(O)CC1. The van der Waals surface area contributed by atoms with Gasteiger partial charge in [0.05, 0.1) is 11.9 Å². The average Bonchev–Trinajstić information content (AvgIpc) is 2.45. The van der Waals surface area contributed by atoms with Crippen molar-refractivity contribution in [3.63, 3.8) is 0 Å². The van der Waals surface area contributed by atoms with Gasteiger partial charge in [-0.1, -0.05) is 6.58 Å². The summed E-state index contributed by atoms with van der Waals surface area (Å²) in [4.78, 5) is 0. The molecular formula is C6H10O2. The van der Waals surface area contributed by atoms with E-state index in [1.54, 1.807) is 0 Å². The predicted molar refractivity (Wildman–Crippen MR) is 30.3 cm³/mol.